The molecule has 0 fully saturated rings. The summed E-state index contributed by atoms with van der Waals surface area (Å²) < 4.78 is 0. The minimum atomic E-state index is -0.0628. The first kappa shape index (κ1) is 15.5. The lowest BCUT2D eigenvalue weighted by atomic mass is 10.1. The summed E-state index contributed by atoms with van der Waals surface area (Å²) in [5.74, 6) is 0. The van der Waals surface area contributed by atoms with Crippen molar-refractivity contribution in [3.05, 3.63) is 35.9 Å². The summed E-state index contributed by atoms with van der Waals surface area (Å²) in [6.07, 6.45) is 5.60. The molecule has 1 aromatic carbocycles. The predicted octanol–water partition coefficient (Wildman–Crippen LogP) is 4.02. The summed E-state index contributed by atoms with van der Waals surface area (Å²) in [6.45, 7) is 5.03. The van der Waals surface area contributed by atoms with Crippen molar-refractivity contribution in [2.75, 3.05) is 6.54 Å². The van der Waals surface area contributed by atoms with Crippen LogP contribution in [0.25, 0.3) is 0 Å². The van der Waals surface area contributed by atoms with Gasteiger partial charge in [0.1, 0.15) is 0 Å². The van der Waals surface area contributed by atoms with Crippen molar-refractivity contribution >= 4 is 6.03 Å². The van der Waals surface area contributed by atoms with E-state index in [0.29, 0.717) is 0 Å². The number of hydrogen-bond donors (Lipinski definition) is 2. The minimum absolute atomic E-state index is 0.0628. The van der Waals surface area contributed by atoms with Gasteiger partial charge in [0.2, 0.25) is 0 Å². The number of urea groups is 1. The molecule has 1 rings (SSSR count). The average molecular weight is 262 g/mol. The van der Waals surface area contributed by atoms with Crippen LogP contribution in [0.1, 0.15) is 57.6 Å². The zero-order chi connectivity index (χ0) is 13.9. The number of carbonyl (C=O) groups excluding carboxylic acids is 1. The molecule has 0 aromatic heterocycles. The van der Waals surface area contributed by atoms with E-state index in [1.54, 1.807) is 0 Å². The molecule has 0 radical (unpaired) electrons. The lowest BCUT2D eigenvalue weighted by Crippen LogP contribution is -2.38. The van der Waals surface area contributed by atoms with Gasteiger partial charge >= 0.3 is 6.03 Å². The molecule has 0 heterocycles. The first-order valence-electron chi connectivity index (χ1n) is 7.37. The third-order valence-electron chi connectivity index (χ3n) is 3.23. The van der Waals surface area contributed by atoms with Gasteiger partial charge in [-0.05, 0) is 18.4 Å². The largest absolute Gasteiger partial charge is 0.338 e. The van der Waals surface area contributed by atoms with Gasteiger partial charge in [-0.1, -0.05) is 63.4 Å². The molecule has 1 aromatic rings. The summed E-state index contributed by atoms with van der Waals surface area (Å²) in [5, 5.41) is 5.95. The van der Waals surface area contributed by atoms with Crippen LogP contribution in [0, 0.1) is 0 Å². The molecule has 0 saturated heterocycles. The molecule has 0 bridgehead atoms. The quantitative estimate of drug-likeness (QED) is 0.683. The average Bonchev–Trinajstić information content (AvgIpc) is 2.45. The number of rotatable bonds is 8. The number of benzene rings is 1. The summed E-state index contributed by atoms with van der Waals surface area (Å²) in [4.78, 5) is 11.8. The minimum Gasteiger partial charge on any atom is -0.338 e. The highest BCUT2D eigenvalue weighted by Crippen LogP contribution is 2.15. The van der Waals surface area contributed by atoms with E-state index in [0.717, 1.165) is 24.9 Å². The molecule has 2 N–H and O–H groups in total. The molecule has 0 aliphatic rings. The van der Waals surface area contributed by atoms with Gasteiger partial charge in [-0.3, -0.25) is 0 Å². The number of nitrogens with one attached hydrogen (secondary N) is 2. The summed E-state index contributed by atoms with van der Waals surface area (Å²) in [6, 6.07) is 10.1. The maximum atomic E-state index is 11.8. The highest BCUT2D eigenvalue weighted by molar-refractivity contribution is 5.74. The molecule has 1 unspecified atom stereocenters. The van der Waals surface area contributed by atoms with Crippen LogP contribution in [-0.2, 0) is 0 Å². The molecule has 19 heavy (non-hydrogen) atoms. The second kappa shape index (κ2) is 9.42. The Balaban J connectivity index is 2.30. The van der Waals surface area contributed by atoms with E-state index in [9.17, 15) is 4.79 Å². The topological polar surface area (TPSA) is 41.1 Å². The number of hydrogen-bond acceptors (Lipinski definition) is 1. The smallest absolute Gasteiger partial charge is 0.315 e. The van der Waals surface area contributed by atoms with Gasteiger partial charge in [0.05, 0.1) is 6.04 Å². The van der Waals surface area contributed by atoms with Crippen molar-refractivity contribution in [1.82, 2.24) is 10.6 Å². The van der Waals surface area contributed by atoms with Gasteiger partial charge in [-0.2, -0.15) is 0 Å². The van der Waals surface area contributed by atoms with Crippen molar-refractivity contribution in [2.24, 2.45) is 0 Å². The molecule has 3 nitrogen and oxygen atoms in total. The van der Waals surface area contributed by atoms with E-state index in [1.165, 1.54) is 19.3 Å². The molecule has 3 heteroatoms. The summed E-state index contributed by atoms with van der Waals surface area (Å²) >= 11 is 0. The second-order valence-electron chi connectivity index (χ2n) is 4.83. The van der Waals surface area contributed by atoms with Crippen LogP contribution in [-0.4, -0.2) is 12.6 Å². The maximum absolute atomic E-state index is 11.8. The lowest BCUT2D eigenvalue weighted by molar-refractivity contribution is 0.236. The molecule has 0 spiro atoms. The predicted molar refractivity (Wildman–Crippen MR) is 80.2 cm³/mol. The number of amides is 2. The fourth-order valence-corrected chi connectivity index (χ4v) is 2.07. The van der Waals surface area contributed by atoms with Crippen LogP contribution in [0.5, 0.6) is 0 Å². The van der Waals surface area contributed by atoms with Crippen LogP contribution in [0.2, 0.25) is 0 Å². The van der Waals surface area contributed by atoms with Gasteiger partial charge in [0.15, 0.2) is 0 Å². The Bertz CT molecular complexity index is 351. The van der Waals surface area contributed by atoms with Crippen molar-refractivity contribution < 1.29 is 4.79 Å². The Labute approximate surface area is 116 Å². The van der Waals surface area contributed by atoms with Crippen LogP contribution in [0.3, 0.4) is 0 Å². The number of carbonyl (C=O) groups is 1. The highest BCUT2D eigenvalue weighted by atomic mass is 16.2. The van der Waals surface area contributed by atoms with Crippen LogP contribution >= 0.6 is 0 Å². The lowest BCUT2D eigenvalue weighted by Gasteiger charge is -2.17. The standard InChI is InChI=1S/C16H26N2O/c1-3-5-6-10-13-17-16(19)18-15(4-2)14-11-8-7-9-12-14/h7-9,11-12,15H,3-6,10,13H2,1-2H3,(H2,17,18,19). The molecular formula is C16H26N2O. The van der Waals surface area contributed by atoms with Gasteiger partial charge in [-0.25, -0.2) is 4.79 Å². The SMILES string of the molecule is CCCCCCNC(=O)NC(CC)c1ccccc1. The van der Waals surface area contributed by atoms with E-state index in [-0.39, 0.29) is 12.1 Å². The zero-order valence-corrected chi connectivity index (χ0v) is 12.1. The van der Waals surface area contributed by atoms with Crippen molar-refractivity contribution in [3.63, 3.8) is 0 Å². The van der Waals surface area contributed by atoms with Crippen LogP contribution in [0.4, 0.5) is 4.79 Å². The summed E-state index contributed by atoms with van der Waals surface area (Å²) in [5.41, 5.74) is 1.16. The Morgan fingerprint density at radius 2 is 1.84 bits per heavy atom. The van der Waals surface area contributed by atoms with Crippen LogP contribution < -0.4 is 10.6 Å². The van der Waals surface area contributed by atoms with E-state index < -0.39 is 0 Å². The van der Waals surface area contributed by atoms with Gasteiger partial charge in [-0.15, -0.1) is 0 Å². The molecule has 0 aliphatic heterocycles. The fourth-order valence-electron chi connectivity index (χ4n) is 2.07. The molecule has 1 atom stereocenters. The molecule has 0 aliphatic carbocycles. The van der Waals surface area contributed by atoms with E-state index in [1.807, 2.05) is 18.2 Å². The van der Waals surface area contributed by atoms with Crippen molar-refractivity contribution in [3.8, 4) is 0 Å². The highest BCUT2D eigenvalue weighted by Gasteiger charge is 2.11. The van der Waals surface area contributed by atoms with Gasteiger partial charge in [0, 0.05) is 6.54 Å². The monoisotopic (exact) mass is 262 g/mol. The Morgan fingerprint density at radius 1 is 1.11 bits per heavy atom. The van der Waals surface area contributed by atoms with E-state index >= 15 is 0 Å². The van der Waals surface area contributed by atoms with Crippen LogP contribution in [0.15, 0.2) is 30.3 Å². The van der Waals surface area contributed by atoms with Gasteiger partial charge < -0.3 is 10.6 Å². The van der Waals surface area contributed by atoms with E-state index in [4.69, 9.17) is 0 Å². The molecule has 106 valence electrons. The Hall–Kier alpha value is -1.51. The van der Waals surface area contributed by atoms with Gasteiger partial charge in [0.25, 0.3) is 0 Å². The molecular weight excluding hydrogens is 236 g/mol. The zero-order valence-electron chi connectivity index (χ0n) is 12.1. The Kier molecular flexibility index (Phi) is 7.71. The van der Waals surface area contributed by atoms with Crippen molar-refractivity contribution in [2.45, 2.75) is 52.0 Å². The third kappa shape index (κ3) is 6.27. The first-order valence-corrected chi connectivity index (χ1v) is 7.37. The third-order valence-corrected chi connectivity index (χ3v) is 3.23. The summed E-state index contributed by atoms with van der Waals surface area (Å²) in [7, 11) is 0. The fraction of sp³-hybridized carbons (Fsp3) is 0.562. The maximum Gasteiger partial charge on any atom is 0.315 e. The number of unbranched alkanes of at least 4 members (excludes halogenated alkanes) is 3. The van der Waals surface area contributed by atoms with E-state index in [2.05, 4.69) is 36.6 Å². The normalized spacial score (nSPS) is 11.9. The van der Waals surface area contributed by atoms with Crippen molar-refractivity contribution in [1.29, 1.82) is 0 Å². The molecule has 0 saturated carbocycles. The first-order chi connectivity index (χ1) is 9.27. The molecule has 2 amide bonds. The Morgan fingerprint density at radius 3 is 2.47 bits per heavy atom. The second-order valence-corrected chi connectivity index (χ2v) is 4.83.